The maximum Gasteiger partial charge on any atom is 0.258 e. The number of nitrogens with one attached hydrogen (secondary N) is 1. The number of benzene rings is 1. The van der Waals surface area contributed by atoms with Gasteiger partial charge in [0, 0.05) is 5.54 Å². The lowest BCUT2D eigenvalue weighted by Gasteiger charge is -2.20. The van der Waals surface area contributed by atoms with Crippen molar-refractivity contribution in [3.63, 3.8) is 0 Å². The molecule has 3 nitrogen and oxygen atoms in total. The van der Waals surface area contributed by atoms with Crippen molar-refractivity contribution in [2.24, 2.45) is 0 Å². The lowest BCUT2D eigenvalue weighted by molar-refractivity contribution is -0.124. The van der Waals surface area contributed by atoms with Crippen molar-refractivity contribution in [3.05, 3.63) is 30.3 Å². The molecule has 0 saturated heterocycles. The van der Waals surface area contributed by atoms with Gasteiger partial charge in [0.2, 0.25) is 0 Å². The van der Waals surface area contributed by atoms with E-state index in [1.54, 1.807) is 0 Å². The molecular formula is C12H17NO2. The van der Waals surface area contributed by atoms with Gasteiger partial charge in [-0.2, -0.15) is 0 Å². The third-order valence-corrected chi connectivity index (χ3v) is 1.63. The molecule has 0 spiro atoms. The van der Waals surface area contributed by atoms with Crippen molar-refractivity contribution < 1.29 is 9.53 Å². The van der Waals surface area contributed by atoms with Crippen molar-refractivity contribution in [1.82, 2.24) is 5.32 Å². The zero-order chi connectivity index (χ0) is 11.3. The van der Waals surface area contributed by atoms with E-state index in [1.807, 2.05) is 51.1 Å². The zero-order valence-corrected chi connectivity index (χ0v) is 9.41. The summed E-state index contributed by atoms with van der Waals surface area (Å²) in [5, 5.41) is 2.83. The third kappa shape index (κ3) is 5.05. The minimum atomic E-state index is -0.211. The predicted molar refractivity (Wildman–Crippen MR) is 59.8 cm³/mol. The Kier molecular flexibility index (Phi) is 3.72. The van der Waals surface area contributed by atoms with Crippen LogP contribution in [0, 0.1) is 0 Å². The monoisotopic (exact) mass is 207 g/mol. The third-order valence-electron chi connectivity index (χ3n) is 1.63. The molecule has 1 amide bonds. The van der Waals surface area contributed by atoms with E-state index in [0.29, 0.717) is 5.75 Å². The van der Waals surface area contributed by atoms with E-state index in [2.05, 4.69) is 5.32 Å². The fraction of sp³-hybridized carbons (Fsp3) is 0.417. The van der Waals surface area contributed by atoms with Crippen LogP contribution in [-0.4, -0.2) is 18.1 Å². The predicted octanol–water partition coefficient (Wildman–Crippen LogP) is 1.98. The Morgan fingerprint density at radius 1 is 1.27 bits per heavy atom. The fourth-order valence-corrected chi connectivity index (χ4v) is 1.12. The molecule has 0 fully saturated rings. The number of para-hydroxylation sites is 1. The van der Waals surface area contributed by atoms with E-state index in [0.717, 1.165) is 0 Å². The van der Waals surface area contributed by atoms with Crippen LogP contribution in [0.2, 0.25) is 0 Å². The summed E-state index contributed by atoms with van der Waals surface area (Å²) in [4.78, 5) is 11.4. The van der Waals surface area contributed by atoms with Gasteiger partial charge in [-0.1, -0.05) is 18.2 Å². The summed E-state index contributed by atoms with van der Waals surface area (Å²) >= 11 is 0. The van der Waals surface area contributed by atoms with Crippen LogP contribution in [0.3, 0.4) is 0 Å². The Hall–Kier alpha value is -1.51. The van der Waals surface area contributed by atoms with Crippen molar-refractivity contribution in [2.75, 3.05) is 6.61 Å². The molecule has 1 aromatic rings. The van der Waals surface area contributed by atoms with Crippen LogP contribution in [-0.2, 0) is 4.79 Å². The first-order chi connectivity index (χ1) is 6.97. The SMILES string of the molecule is CC(C)(C)NC(=O)COc1ccccc1. The maximum absolute atomic E-state index is 11.4. The topological polar surface area (TPSA) is 38.3 Å². The highest BCUT2D eigenvalue weighted by atomic mass is 16.5. The van der Waals surface area contributed by atoms with Crippen molar-refractivity contribution >= 4 is 5.91 Å². The minimum absolute atomic E-state index is 0.0568. The van der Waals surface area contributed by atoms with Crippen LogP contribution in [0.4, 0.5) is 0 Å². The van der Waals surface area contributed by atoms with Gasteiger partial charge in [-0.15, -0.1) is 0 Å². The van der Waals surface area contributed by atoms with Gasteiger partial charge in [-0.05, 0) is 32.9 Å². The fourth-order valence-electron chi connectivity index (χ4n) is 1.12. The smallest absolute Gasteiger partial charge is 0.258 e. The molecule has 1 N–H and O–H groups in total. The molecule has 0 saturated carbocycles. The summed E-state index contributed by atoms with van der Waals surface area (Å²) in [6.45, 7) is 5.87. The molecule has 15 heavy (non-hydrogen) atoms. The van der Waals surface area contributed by atoms with Crippen LogP contribution in [0.25, 0.3) is 0 Å². The van der Waals surface area contributed by atoms with Crippen LogP contribution in [0.5, 0.6) is 5.75 Å². The minimum Gasteiger partial charge on any atom is -0.484 e. The Morgan fingerprint density at radius 3 is 2.40 bits per heavy atom. The molecule has 1 rings (SSSR count). The molecule has 1 aromatic carbocycles. The molecule has 0 heterocycles. The van der Waals surface area contributed by atoms with E-state index in [4.69, 9.17) is 4.74 Å². The van der Waals surface area contributed by atoms with Gasteiger partial charge in [0.15, 0.2) is 6.61 Å². The average molecular weight is 207 g/mol. The number of hydrogen-bond acceptors (Lipinski definition) is 2. The molecular weight excluding hydrogens is 190 g/mol. The number of carbonyl (C=O) groups excluding carboxylic acids is 1. The summed E-state index contributed by atoms with van der Waals surface area (Å²) in [6.07, 6.45) is 0. The Balaban J connectivity index is 2.35. The van der Waals surface area contributed by atoms with E-state index >= 15 is 0 Å². The first-order valence-electron chi connectivity index (χ1n) is 4.96. The number of hydrogen-bond donors (Lipinski definition) is 1. The molecule has 0 bridgehead atoms. The van der Waals surface area contributed by atoms with Crippen LogP contribution in [0.1, 0.15) is 20.8 Å². The molecule has 0 radical (unpaired) electrons. The molecule has 82 valence electrons. The van der Waals surface area contributed by atoms with Gasteiger partial charge in [-0.3, -0.25) is 4.79 Å². The van der Waals surface area contributed by atoms with E-state index in [-0.39, 0.29) is 18.1 Å². The summed E-state index contributed by atoms with van der Waals surface area (Å²) < 4.78 is 5.30. The standard InChI is InChI=1S/C12H17NO2/c1-12(2,3)13-11(14)9-15-10-7-5-4-6-8-10/h4-8H,9H2,1-3H3,(H,13,14). The second kappa shape index (κ2) is 4.82. The van der Waals surface area contributed by atoms with E-state index in [9.17, 15) is 4.79 Å². The van der Waals surface area contributed by atoms with Crippen molar-refractivity contribution in [2.45, 2.75) is 26.3 Å². The second-order valence-corrected chi connectivity index (χ2v) is 4.40. The molecule has 0 aliphatic heterocycles. The summed E-state index contributed by atoms with van der Waals surface area (Å²) in [5.41, 5.74) is -0.211. The van der Waals surface area contributed by atoms with Gasteiger partial charge >= 0.3 is 0 Å². The summed E-state index contributed by atoms with van der Waals surface area (Å²) in [6, 6.07) is 9.30. The summed E-state index contributed by atoms with van der Waals surface area (Å²) in [5.74, 6) is 0.605. The Bertz CT molecular complexity index is 314. The van der Waals surface area contributed by atoms with Gasteiger partial charge in [0.1, 0.15) is 5.75 Å². The van der Waals surface area contributed by atoms with Gasteiger partial charge in [-0.25, -0.2) is 0 Å². The van der Waals surface area contributed by atoms with Gasteiger partial charge < -0.3 is 10.1 Å². The molecule has 0 atom stereocenters. The highest BCUT2D eigenvalue weighted by Gasteiger charge is 2.13. The molecule has 0 aliphatic rings. The largest absolute Gasteiger partial charge is 0.484 e. The Morgan fingerprint density at radius 2 is 1.87 bits per heavy atom. The Labute approximate surface area is 90.4 Å². The van der Waals surface area contributed by atoms with Gasteiger partial charge in [0.05, 0.1) is 0 Å². The lowest BCUT2D eigenvalue weighted by Crippen LogP contribution is -2.43. The normalized spacial score (nSPS) is 10.9. The number of amides is 1. The van der Waals surface area contributed by atoms with Crippen LogP contribution >= 0.6 is 0 Å². The molecule has 3 heteroatoms. The molecule has 0 aliphatic carbocycles. The number of rotatable bonds is 3. The number of ether oxygens (including phenoxy) is 1. The molecule has 0 unspecified atom stereocenters. The second-order valence-electron chi connectivity index (χ2n) is 4.40. The lowest BCUT2D eigenvalue weighted by atomic mass is 10.1. The first kappa shape index (κ1) is 11.6. The van der Waals surface area contributed by atoms with E-state index < -0.39 is 0 Å². The van der Waals surface area contributed by atoms with Crippen molar-refractivity contribution in [3.8, 4) is 5.75 Å². The van der Waals surface area contributed by atoms with Gasteiger partial charge in [0.25, 0.3) is 5.91 Å². The maximum atomic E-state index is 11.4. The first-order valence-corrected chi connectivity index (χ1v) is 4.96. The average Bonchev–Trinajstić information content (AvgIpc) is 2.14. The molecule has 0 aromatic heterocycles. The zero-order valence-electron chi connectivity index (χ0n) is 9.41. The van der Waals surface area contributed by atoms with Crippen LogP contribution in [0.15, 0.2) is 30.3 Å². The highest BCUT2D eigenvalue weighted by molar-refractivity contribution is 5.78. The quantitative estimate of drug-likeness (QED) is 0.823. The van der Waals surface area contributed by atoms with Crippen molar-refractivity contribution in [1.29, 1.82) is 0 Å². The highest BCUT2D eigenvalue weighted by Crippen LogP contribution is 2.08. The number of carbonyl (C=O) groups is 1. The van der Waals surface area contributed by atoms with Crippen LogP contribution < -0.4 is 10.1 Å². The summed E-state index contributed by atoms with van der Waals surface area (Å²) in [7, 11) is 0. The van der Waals surface area contributed by atoms with E-state index in [1.165, 1.54) is 0 Å².